The van der Waals surface area contributed by atoms with Crippen molar-refractivity contribution in [1.82, 2.24) is 0 Å². The zero-order valence-electron chi connectivity index (χ0n) is 5.57. The van der Waals surface area contributed by atoms with E-state index in [2.05, 4.69) is 0 Å². The summed E-state index contributed by atoms with van der Waals surface area (Å²) in [5, 5.41) is 0. The Morgan fingerprint density at radius 3 is 1.38 bits per heavy atom. The molecule has 0 aromatic heterocycles. The zero-order valence-corrected chi connectivity index (χ0v) is 5.57. The Balaban J connectivity index is 3.83. The van der Waals surface area contributed by atoms with E-state index in [1.54, 1.807) is 0 Å². The Hall–Kier alpha value is -0.660. The van der Waals surface area contributed by atoms with Gasteiger partial charge in [-0.05, 0) is 12.8 Å². The first-order valence-electron chi connectivity index (χ1n) is 2.95. The molecule has 0 unspecified atom stereocenters. The van der Waals surface area contributed by atoms with Crippen LogP contribution in [0, 0.1) is 0 Å². The summed E-state index contributed by atoms with van der Waals surface area (Å²) in [6, 6.07) is 0. The fraction of sp³-hybridized carbons (Fsp3) is 0.667. The van der Waals surface area contributed by atoms with Crippen LogP contribution >= 0.6 is 0 Å². The maximum absolute atomic E-state index is 5.48. The van der Waals surface area contributed by atoms with Gasteiger partial charge in [0.05, 0.1) is 0 Å². The van der Waals surface area contributed by atoms with Gasteiger partial charge in [-0.25, -0.2) is 0 Å². The fourth-order valence-corrected chi connectivity index (χ4v) is 0.454. The number of nitrogens with two attached hydrogens (primary N) is 2. The molecule has 0 saturated heterocycles. The SMILES string of the molecule is CC/C(N)=C(/N)CC. The fourth-order valence-electron chi connectivity index (χ4n) is 0.454. The lowest BCUT2D eigenvalue weighted by Crippen LogP contribution is -2.07. The van der Waals surface area contributed by atoms with Crippen LogP contribution in [0.3, 0.4) is 0 Å². The van der Waals surface area contributed by atoms with Crippen LogP contribution in [0.1, 0.15) is 26.7 Å². The average Bonchev–Trinajstić information content (AvgIpc) is 1.84. The van der Waals surface area contributed by atoms with E-state index in [0.29, 0.717) is 0 Å². The number of allylic oxidation sites excluding steroid dienone is 2. The second-order valence-corrected chi connectivity index (χ2v) is 1.76. The van der Waals surface area contributed by atoms with Gasteiger partial charge in [-0.2, -0.15) is 0 Å². The van der Waals surface area contributed by atoms with Gasteiger partial charge in [0.1, 0.15) is 0 Å². The predicted octanol–water partition coefficient (Wildman–Crippen LogP) is 0.935. The minimum absolute atomic E-state index is 0.826. The van der Waals surface area contributed by atoms with Crippen LogP contribution in [0.2, 0.25) is 0 Å². The smallest absolute Gasteiger partial charge is 0.0268 e. The topological polar surface area (TPSA) is 52.0 Å². The van der Waals surface area contributed by atoms with Crippen molar-refractivity contribution in [2.45, 2.75) is 26.7 Å². The number of hydrogen-bond donors (Lipinski definition) is 2. The molecule has 0 heterocycles. The Kier molecular flexibility index (Phi) is 3.08. The van der Waals surface area contributed by atoms with Crippen molar-refractivity contribution in [3.8, 4) is 0 Å². The molecule has 0 fully saturated rings. The van der Waals surface area contributed by atoms with Gasteiger partial charge < -0.3 is 11.5 Å². The summed E-state index contributed by atoms with van der Waals surface area (Å²) < 4.78 is 0. The Labute approximate surface area is 50.6 Å². The number of rotatable bonds is 2. The van der Waals surface area contributed by atoms with Crippen molar-refractivity contribution in [3.63, 3.8) is 0 Å². The van der Waals surface area contributed by atoms with Crippen LogP contribution in [0.4, 0.5) is 0 Å². The zero-order chi connectivity index (χ0) is 6.57. The summed E-state index contributed by atoms with van der Waals surface area (Å²) >= 11 is 0. The van der Waals surface area contributed by atoms with E-state index in [4.69, 9.17) is 11.5 Å². The minimum Gasteiger partial charge on any atom is -0.401 e. The largest absolute Gasteiger partial charge is 0.401 e. The third-order valence-electron chi connectivity index (χ3n) is 1.17. The monoisotopic (exact) mass is 114 g/mol. The third kappa shape index (κ3) is 1.87. The molecule has 0 aliphatic carbocycles. The molecule has 0 bridgehead atoms. The Morgan fingerprint density at radius 1 is 1.00 bits per heavy atom. The molecule has 48 valence electrons. The maximum Gasteiger partial charge on any atom is 0.0268 e. The highest BCUT2D eigenvalue weighted by Gasteiger charge is 1.89. The Bertz CT molecular complexity index is 82.7. The summed E-state index contributed by atoms with van der Waals surface area (Å²) in [6.45, 7) is 4.00. The van der Waals surface area contributed by atoms with E-state index in [0.717, 1.165) is 24.2 Å². The molecule has 0 rings (SSSR count). The normalized spacial score (nSPS) is 13.2. The molecule has 0 atom stereocenters. The van der Waals surface area contributed by atoms with Crippen molar-refractivity contribution >= 4 is 0 Å². The molecule has 0 spiro atoms. The van der Waals surface area contributed by atoms with Gasteiger partial charge in [0.2, 0.25) is 0 Å². The first kappa shape index (κ1) is 7.34. The molecular weight excluding hydrogens is 100 g/mol. The first-order chi connectivity index (χ1) is 3.72. The van der Waals surface area contributed by atoms with E-state index >= 15 is 0 Å². The minimum atomic E-state index is 0.826. The molecule has 2 nitrogen and oxygen atoms in total. The average molecular weight is 114 g/mol. The highest BCUT2D eigenvalue weighted by molar-refractivity contribution is 5.05. The lowest BCUT2D eigenvalue weighted by atomic mass is 10.2. The van der Waals surface area contributed by atoms with E-state index in [9.17, 15) is 0 Å². The second kappa shape index (κ2) is 3.36. The van der Waals surface area contributed by atoms with Gasteiger partial charge in [-0.1, -0.05) is 13.8 Å². The van der Waals surface area contributed by atoms with Crippen molar-refractivity contribution in [2.75, 3.05) is 0 Å². The van der Waals surface area contributed by atoms with Gasteiger partial charge in [-0.3, -0.25) is 0 Å². The van der Waals surface area contributed by atoms with E-state index in [1.165, 1.54) is 0 Å². The van der Waals surface area contributed by atoms with Gasteiger partial charge >= 0.3 is 0 Å². The molecule has 0 amide bonds. The van der Waals surface area contributed by atoms with Crippen molar-refractivity contribution < 1.29 is 0 Å². The predicted molar refractivity (Wildman–Crippen MR) is 36.0 cm³/mol. The molecule has 0 aliphatic heterocycles. The summed E-state index contributed by atoms with van der Waals surface area (Å²) in [7, 11) is 0. The van der Waals surface area contributed by atoms with Crippen LogP contribution in [0.5, 0.6) is 0 Å². The van der Waals surface area contributed by atoms with Crippen molar-refractivity contribution in [1.29, 1.82) is 0 Å². The van der Waals surface area contributed by atoms with Crippen molar-refractivity contribution in [3.05, 3.63) is 11.4 Å². The van der Waals surface area contributed by atoms with Crippen LogP contribution in [0.25, 0.3) is 0 Å². The van der Waals surface area contributed by atoms with Crippen molar-refractivity contribution in [2.24, 2.45) is 11.5 Å². The van der Waals surface area contributed by atoms with Gasteiger partial charge in [-0.15, -0.1) is 0 Å². The maximum atomic E-state index is 5.48. The molecule has 0 aromatic rings. The summed E-state index contributed by atoms with van der Waals surface area (Å²) in [6.07, 6.45) is 1.72. The van der Waals surface area contributed by atoms with Crippen LogP contribution in [-0.4, -0.2) is 0 Å². The molecule has 0 aromatic carbocycles. The standard InChI is InChI=1S/C6H14N2/c1-3-5(7)6(8)4-2/h3-4,7-8H2,1-2H3/b6-5-. The molecular formula is C6H14N2. The second-order valence-electron chi connectivity index (χ2n) is 1.76. The quantitative estimate of drug-likeness (QED) is 0.561. The van der Waals surface area contributed by atoms with E-state index in [1.807, 2.05) is 13.8 Å². The van der Waals surface area contributed by atoms with Gasteiger partial charge in [0.15, 0.2) is 0 Å². The van der Waals surface area contributed by atoms with Crippen LogP contribution in [0.15, 0.2) is 11.4 Å². The molecule has 0 radical (unpaired) electrons. The van der Waals surface area contributed by atoms with Gasteiger partial charge in [0.25, 0.3) is 0 Å². The van der Waals surface area contributed by atoms with Crippen LogP contribution < -0.4 is 11.5 Å². The molecule has 0 saturated carbocycles. The van der Waals surface area contributed by atoms with E-state index in [-0.39, 0.29) is 0 Å². The number of hydrogen-bond acceptors (Lipinski definition) is 2. The lowest BCUT2D eigenvalue weighted by Gasteiger charge is -1.99. The molecule has 2 heteroatoms. The lowest BCUT2D eigenvalue weighted by molar-refractivity contribution is 0.949. The van der Waals surface area contributed by atoms with E-state index < -0.39 is 0 Å². The van der Waals surface area contributed by atoms with Gasteiger partial charge in [0, 0.05) is 11.4 Å². The molecule has 0 aliphatic rings. The summed E-state index contributed by atoms with van der Waals surface area (Å²) in [5.74, 6) is 0. The highest BCUT2D eigenvalue weighted by atomic mass is 14.7. The summed E-state index contributed by atoms with van der Waals surface area (Å²) in [5.41, 5.74) is 12.6. The summed E-state index contributed by atoms with van der Waals surface area (Å²) in [4.78, 5) is 0. The molecule has 8 heavy (non-hydrogen) atoms. The third-order valence-corrected chi connectivity index (χ3v) is 1.17. The highest BCUT2D eigenvalue weighted by Crippen LogP contribution is 1.98. The first-order valence-corrected chi connectivity index (χ1v) is 2.95. The molecule has 4 N–H and O–H groups in total. The Morgan fingerprint density at radius 2 is 1.25 bits per heavy atom. The van der Waals surface area contributed by atoms with Crippen LogP contribution in [-0.2, 0) is 0 Å².